The Hall–Kier alpha value is -2.10. The first-order valence-corrected chi connectivity index (χ1v) is 11.5. The predicted octanol–water partition coefficient (Wildman–Crippen LogP) is 2.32. The summed E-state index contributed by atoms with van der Waals surface area (Å²) in [6, 6.07) is 7.10. The minimum Gasteiger partial charge on any atom is -0.497 e. The Bertz CT molecular complexity index is 910. The van der Waals surface area contributed by atoms with E-state index in [1.807, 2.05) is 24.3 Å². The van der Waals surface area contributed by atoms with Gasteiger partial charge in [0.2, 0.25) is 5.28 Å². The van der Waals surface area contributed by atoms with Gasteiger partial charge in [-0.3, -0.25) is 0 Å². The minimum absolute atomic E-state index is 0.00621. The van der Waals surface area contributed by atoms with Crippen molar-refractivity contribution in [1.29, 1.82) is 0 Å². The fourth-order valence-corrected chi connectivity index (χ4v) is 4.90. The summed E-state index contributed by atoms with van der Waals surface area (Å²) in [5.41, 5.74) is 0.933. The van der Waals surface area contributed by atoms with Gasteiger partial charge in [-0.15, -0.1) is 0 Å². The average molecular weight is 442 g/mol. The second kappa shape index (κ2) is 9.60. The van der Waals surface area contributed by atoms with E-state index in [1.54, 1.807) is 7.11 Å². The third-order valence-corrected chi connectivity index (χ3v) is 6.86. The van der Waals surface area contributed by atoms with Gasteiger partial charge in [0.05, 0.1) is 37.5 Å². The van der Waals surface area contributed by atoms with Crippen molar-refractivity contribution in [2.24, 2.45) is 5.92 Å². The van der Waals surface area contributed by atoms with Crippen LogP contribution in [0, 0.1) is 5.92 Å². The number of benzene rings is 1. The summed E-state index contributed by atoms with van der Waals surface area (Å²) < 4.78 is 34.3. The largest absolute Gasteiger partial charge is 0.497 e. The lowest BCUT2D eigenvalue weighted by Gasteiger charge is -2.30. The molecular weight excluding hydrogens is 418 g/mol. The standard InChI is InChI=1S/C19H24ClN3O5S/c1-27-15-4-2-13(3-5-15)12-28-17-10-21-19(20)23-18(17)22-16(11-24)14-6-8-29(25,26)9-7-14/h2-5,10,14,16,24H,6-9,11-12H2,1H3,(H,21,22,23). The van der Waals surface area contributed by atoms with Crippen LogP contribution in [0.3, 0.4) is 0 Å². The molecule has 1 aliphatic heterocycles. The molecule has 0 spiro atoms. The van der Waals surface area contributed by atoms with Gasteiger partial charge in [0.25, 0.3) is 0 Å². The molecule has 0 bridgehead atoms. The Morgan fingerprint density at radius 3 is 2.59 bits per heavy atom. The highest BCUT2D eigenvalue weighted by molar-refractivity contribution is 7.91. The van der Waals surface area contributed by atoms with Crippen molar-refractivity contribution in [3.05, 3.63) is 41.3 Å². The van der Waals surface area contributed by atoms with Crippen LogP contribution in [-0.2, 0) is 16.4 Å². The zero-order valence-corrected chi connectivity index (χ0v) is 17.6. The molecule has 0 radical (unpaired) electrons. The number of rotatable bonds is 8. The molecule has 0 amide bonds. The summed E-state index contributed by atoms with van der Waals surface area (Å²) in [5, 5.41) is 13.1. The van der Waals surface area contributed by atoms with Crippen LogP contribution in [0.1, 0.15) is 18.4 Å². The van der Waals surface area contributed by atoms with Crippen LogP contribution in [0.15, 0.2) is 30.5 Å². The van der Waals surface area contributed by atoms with Crippen molar-refractivity contribution in [1.82, 2.24) is 9.97 Å². The summed E-state index contributed by atoms with van der Waals surface area (Å²) >= 11 is 5.94. The Labute approximate surface area is 175 Å². The van der Waals surface area contributed by atoms with E-state index >= 15 is 0 Å². The Kier molecular flexibility index (Phi) is 7.15. The zero-order valence-electron chi connectivity index (χ0n) is 16.0. The molecule has 2 heterocycles. The highest BCUT2D eigenvalue weighted by Crippen LogP contribution is 2.29. The molecule has 8 nitrogen and oxygen atoms in total. The predicted molar refractivity (Wildman–Crippen MR) is 110 cm³/mol. The molecule has 1 unspecified atom stereocenters. The van der Waals surface area contributed by atoms with E-state index in [9.17, 15) is 13.5 Å². The second-order valence-corrected chi connectivity index (χ2v) is 9.55. The van der Waals surface area contributed by atoms with E-state index in [4.69, 9.17) is 21.1 Å². The Balaban J connectivity index is 1.70. The summed E-state index contributed by atoms with van der Waals surface area (Å²) in [5.74, 6) is 1.78. The lowest BCUT2D eigenvalue weighted by Crippen LogP contribution is -2.38. The number of halogens is 1. The van der Waals surface area contributed by atoms with Gasteiger partial charge in [0.15, 0.2) is 11.6 Å². The van der Waals surface area contributed by atoms with E-state index < -0.39 is 9.84 Å². The number of nitrogens with one attached hydrogen (secondary N) is 1. The van der Waals surface area contributed by atoms with Crippen molar-refractivity contribution in [2.75, 3.05) is 30.5 Å². The van der Waals surface area contributed by atoms with E-state index in [2.05, 4.69) is 15.3 Å². The van der Waals surface area contributed by atoms with Gasteiger partial charge in [-0.2, -0.15) is 4.98 Å². The molecule has 1 atom stereocenters. The van der Waals surface area contributed by atoms with Crippen molar-refractivity contribution in [2.45, 2.75) is 25.5 Å². The first-order chi connectivity index (χ1) is 13.9. The SMILES string of the molecule is COc1ccc(COc2cnc(Cl)nc2NC(CO)C2CCS(=O)(=O)CC2)cc1. The quantitative estimate of drug-likeness (QED) is 0.600. The van der Waals surface area contributed by atoms with Crippen LogP contribution in [0.25, 0.3) is 0 Å². The minimum atomic E-state index is -2.98. The number of anilines is 1. The monoisotopic (exact) mass is 441 g/mol. The molecule has 29 heavy (non-hydrogen) atoms. The molecule has 2 aromatic rings. The number of sulfone groups is 1. The third kappa shape index (κ3) is 5.94. The van der Waals surface area contributed by atoms with Crippen LogP contribution in [0.5, 0.6) is 11.5 Å². The summed E-state index contributed by atoms with van der Waals surface area (Å²) in [6.45, 7) is 0.124. The van der Waals surface area contributed by atoms with Crippen LogP contribution < -0.4 is 14.8 Å². The van der Waals surface area contributed by atoms with Gasteiger partial charge >= 0.3 is 0 Å². The van der Waals surface area contributed by atoms with E-state index in [-0.39, 0.29) is 42.0 Å². The number of nitrogens with zero attached hydrogens (tertiary/aromatic N) is 2. The molecule has 10 heteroatoms. The third-order valence-electron chi connectivity index (χ3n) is 4.97. The van der Waals surface area contributed by atoms with Crippen LogP contribution in [0.2, 0.25) is 5.28 Å². The van der Waals surface area contributed by atoms with Gasteiger partial charge in [-0.05, 0) is 48.1 Å². The summed E-state index contributed by atoms with van der Waals surface area (Å²) in [4.78, 5) is 8.16. The number of hydrogen-bond donors (Lipinski definition) is 2. The molecule has 1 aromatic carbocycles. The molecule has 1 fully saturated rings. The molecule has 1 aliphatic rings. The van der Waals surface area contributed by atoms with Gasteiger partial charge in [-0.25, -0.2) is 13.4 Å². The first-order valence-electron chi connectivity index (χ1n) is 9.26. The summed E-state index contributed by atoms with van der Waals surface area (Å²) in [6.07, 6.45) is 2.45. The maximum Gasteiger partial charge on any atom is 0.224 e. The van der Waals surface area contributed by atoms with Crippen molar-refractivity contribution in [3.8, 4) is 11.5 Å². The number of aliphatic hydroxyl groups excluding tert-OH is 1. The van der Waals surface area contributed by atoms with Crippen LogP contribution in [0.4, 0.5) is 5.82 Å². The fraction of sp³-hybridized carbons (Fsp3) is 0.474. The van der Waals surface area contributed by atoms with Crippen molar-refractivity contribution in [3.63, 3.8) is 0 Å². The number of aromatic nitrogens is 2. The maximum absolute atomic E-state index is 11.7. The second-order valence-electron chi connectivity index (χ2n) is 6.91. The topological polar surface area (TPSA) is 111 Å². The summed E-state index contributed by atoms with van der Waals surface area (Å²) in [7, 11) is -1.37. The lowest BCUT2D eigenvalue weighted by molar-refractivity contribution is 0.228. The average Bonchev–Trinajstić information content (AvgIpc) is 2.72. The molecular formula is C19H24ClN3O5S. The number of methoxy groups -OCH3 is 1. The Morgan fingerprint density at radius 1 is 1.28 bits per heavy atom. The first kappa shape index (κ1) is 21.6. The fourth-order valence-electron chi connectivity index (χ4n) is 3.24. The van der Waals surface area contributed by atoms with Crippen LogP contribution in [-0.4, -0.2) is 54.8 Å². The molecule has 3 rings (SSSR count). The Morgan fingerprint density at radius 2 is 1.97 bits per heavy atom. The number of ether oxygens (including phenoxy) is 2. The number of aliphatic hydroxyl groups is 1. The van der Waals surface area contributed by atoms with Crippen molar-refractivity contribution < 1.29 is 23.0 Å². The molecule has 1 aromatic heterocycles. The van der Waals surface area contributed by atoms with Gasteiger partial charge in [-0.1, -0.05) is 12.1 Å². The normalized spacial score (nSPS) is 17.5. The molecule has 0 aliphatic carbocycles. The molecule has 0 saturated carbocycles. The molecule has 2 N–H and O–H groups in total. The van der Waals surface area contributed by atoms with Gasteiger partial charge in [0, 0.05) is 0 Å². The van der Waals surface area contributed by atoms with Crippen molar-refractivity contribution >= 4 is 27.3 Å². The zero-order chi connectivity index (χ0) is 20.9. The van der Waals surface area contributed by atoms with Gasteiger partial charge < -0.3 is 19.9 Å². The van der Waals surface area contributed by atoms with Crippen LogP contribution >= 0.6 is 11.6 Å². The molecule has 158 valence electrons. The maximum atomic E-state index is 11.7. The lowest BCUT2D eigenvalue weighted by atomic mass is 9.94. The van der Waals surface area contributed by atoms with E-state index in [0.29, 0.717) is 24.4 Å². The molecule has 1 saturated heterocycles. The number of hydrogen-bond acceptors (Lipinski definition) is 8. The van der Waals surface area contributed by atoms with E-state index in [1.165, 1.54) is 6.20 Å². The smallest absolute Gasteiger partial charge is 0.224 e. The van der Waals surface area contributed by atoms with E-state index in [0.717, 1.165) is 11.3 Å². The highest BCUT2D eigenvalue weighted by Gasteiger charge is 2.30. The van der Waals surface area contributed by atoms with Gasteiger partial charge in [0.1, 0.15) is 22.2 Å². The highest BCUT2D eigenvalue weighted by atomic mass is 35.5.